The minimum atomic E-state index is -0.610. The average Bonchev–Trinajstić information content (AvgIpc) is 3.29. The molecule has 0 saturated carbocycles. The van der Waals surface area contributed by atoms with Crippen molar-refractivity contribution >= 4 is 29.3 Å². The van der Waals surface area contributed by atoms with Gasteiger partial charge in [-0.1, -0.05) is 12.1 Å². The van der Waals surface area contributed by atoms with Crippen molar-refractivity contribution in [3.63, 3.8) is 0 Å². The number of carbonyl (C=O) groups excluding carboxylic acids is 2. The van der Waals surface area contributed by atoms with E-state index in [1.165, 1.54) is 19.2 Å². The number of benzene rings is 2. The van der Waals surface area contributed by atoms with Crippen molar-refractivity contribution in [1.29, 1.82) is 0 Å². The number of hydrogen-bond acceptors (Lipinski definition) is 4. The van der Waals surface area contributed by atoms with E-state index >= 15 is 0 Å². The highest BCUT2D eigenvalue weighted by atomic mass is 19.1. The van der Waals surface area contributed by atoms with Crippen LogP contribution in [0.15, 0.2) is 60.9 Å². The summed E-state index contributed by atoms with van der Waals surface area (Å²) in [5, 5.41) is 8.31. The van der Waals surface area contributed by atoms with Crippen molar-refractivity contribution in [2.45, 2.75) is 13.5 Å². The van der Waals surface area contributed by atoms with E-state index in [0.717, 1.165) is 22.4 Å². The maximum atomic E-state index is 14.3. The van der Waals surface area contributed by atoms with E-state index in [1.807, 2.05) is 47.9 Å². The Hall–Kier alpha value is -4.20. The average molecular weight is 431 g/mol. The zero-order valence-electron chi connectivity index (χ0n) is 17.6. The van der Waals surface area contributed by atoms with Crippen molar-refractivity contribution in [3.8, 4) is 11.3 Å². The topological polar surface area (TPSA) is 87.5 Å². The monoisotopic (exact) mass is 431 g/mol. The Bertz CT molecular complexity index is 1320. The lowest BCUT2D eigenvalue weighted by Gasteiger charge is -2.14. The van der Waals surface area contributed by atoms with Crippen LogP contribution in [0.4, 0.5) is 15.8 Å². The number of rotatable bonds is 7. The molecule has 2 aromatic carbocycles. The zero-order valence-corrected chi connectivity index (χ0v) is 17.6. The number of aromatic nitrogens is 2. The first kappa shape index (κ1) is 21.0. The van der Waals surface area contributed by atoms with Gasteiger partial charge in [0.15, 0.2) is 5.65 Å². The molecular formula is C24H22FN5O2. The smallest absolute Gasteiger partial charge is 0.253 e. The molecular weight excluding hydrogens is 409 g/mol. The second-order valence-electron chi connectivity index (χ2n) is 7.29. The normalized spacial score (nSPS) is 10.7. The van der Waals surface area contributed by atoms with Crippen molar-refractivity contribution in [2.24, 2.45) is 0 Å². The van der Waals surface area contributed by atoms with Gasteiger partial charge in [-0.25, -0.2) is 9.37 Å². The summed E-state index contributed by atoms with van der Waals surface area (Å²) in [5.41, 5.74) is 5.88. The molecule has 8 heteroatoms. The molecule has 2 heterocycles. The molecule has 0 fully saturated rings. The summed E-state index contributed by atoms with van der Waals surface area (Å²) in [6.45, 7) is 2.45. The Morgan fingerprint density at radius 3 is 2.75 bits per heavy atom. The molecule has 0 atom stereocenters. The number of hydrogen-bond donors (Lipinski definition) is 3. The van der Waals surface area contributed by atoms with Crippen LogP contribution in [-0.2, 0) is 11.3 Å². The van der Waals surface area contributed by atoms with Crippen LogP contribution < -0.4 is 16.0 Å². The first-order valence-corrected chi connectivity index (χ1v) is 10.0. The SMILES string of the molecule is CNC(=O)c1ccc(Nc2ccc(-c3ccc(C)c(CNC=O)c3)n3ccnc23)cc1F. The summed E-state index contributed by atoms with van der Waals surface area (Å²) in [4.78, 5) is 26.9. The van der Waals surface area contributed by atoms with Gasteiger partial charge in [-0.05, 0) is 60.0 Å². The molecule has 4 aromatic rings. The van der Waals surface area contributed by atoms with Gasteiger partial charge in [0.05, 0.1) is 16.9 Å². The van der Waals surface area contributed by atoms with Crippen LogP contribution in [0.2, 0.25) is 0 Å². The van der Waals surface area contributed by atoms with Gasteiger partial charge in [-0.3, -0.25) is 14.0 Å². The number of amides is 2. The summed E-state index contributed by atoms with van der Waals surface area (Å²) >= 11 is 0. The van der Waals surface area contributed by atoms with Crippen LogP contribution in [0, 0.1) is 12.7 Å². The third-order valence-corrected chi connectivity index (χ3v) is 5.29. The lowest BCUT2D eigenvalue weighted by molar-refractivity contribution is -0.109. The second-order valence-corrected chi connectivity index (χ2v) is 7.29. The molecule has 0 spiro atoms. The standard InChI is InChI=1S/C24H22FN5O2/c1-15-3-4-16(11-17(15)13-27-14-31)22-8-7-21(23-28-9-10-30(22)23)29-18-5-6-19(20(25)12-18)24(32)26-2/h3-12,14,29H,13H2,1-2H3,(H,26,32)(H,27,31). The van der Waals surface area contributed by atoms with E-state index in [2.05, 4.69) is 20.9 Å². The van der Waals surface area contributed by atoms with Gasteiger partial charge in [0, 0.05) is 31.7 Å². The van der Waals surface area contributed by atoms with Crippen molar-refractivity contribution in [1.82, 2.24) is 20.0 Å². The number of nitrogens with one attached hydrogen (secondary N) is 3. The number of fused-ring (bicyclic) bond motifs is 1. The van der Waals surface area contributed by atoms with Crippen molar-refractivity contribution < 1.29 is 14.0 Å². The van der Waals surface area contributed by atoms with E-state index in [0.29, 0.717) is 30.0 Å². The Labute approximate surface area is 184 Å². The van der Waals surface area contributed by atoms with E-state index in [9.17, 15) is 14.0 Å². The number of nitrogens with zero attached hydrogens (tertiary/aromatic N) is 2. The molecule has 7 nitrogen and oxygen atoms in total. The Kier molecular flexibility index (Phi) is 5.85. The van der Waals surface area contributed by atoms with Gasteiger partial charge in [-0.2, -0.15) is 0 Å². The Morgan fingerprint density at radius 2 is 2.00 bits per heavy atom. The number of anilines is 2. The predicted octanol–water partition coefficient (Wildman–Crippen LogP) is 3.80. The molecule has 162 valence electrons. The molecule has 0 unspecified atom stereocenters. The number of halogens is 1. The minimum absolute atomic E-state index is 0.0152. The highest BCUT2D eigenvalue weighted by molar-refractivity contribution is 5.94. The number of aryl methyl sites for hydroxylation is 1. The third kappa shape index (κ3) is 4.02. The summed E-state index contributed by atoms with van der Waals surface area (Å²) in [5.74, 6) is -1.09. The summed E-state index contributed by atoms with van der Waals surface area (Å²) in [6, 6.07) is 14.3. The molecule has 0 radical (unpaired) electrons. The minimum Gasteiger partial charge on any atom is -0.355 e. The van der Waals surface area contributed by atoms with E-state index < -0.39 is 11.7 Å². The maximum Gasteiger partial charge on any atom is 0.253 e. The first-order valence-electron chi connectivity index (χ1n) is 10.0. The van der Waals surface area contributed by atoms with Gasteiger partial charge in [0.25, 0.3) is 5.91 Å². The van der Waals surface area contributed by atoms with Gasteiger partial charge in [-0.15, -0.1) is 0 Å². The van der Waals surface area contributed by atoms with E-state index in [4.69, 9.17) is 0 Å². The summed E-state index contributed by atoms with van der Waals surface area (Å²) < 4.78 is 16.3. The Balaban J connectivity index is 1.69. The van der Waals surface area contributed by atoms with Gasteiger partial charge < -0.3 is 16.0 Å². The first-order chi connectivity index (χ1) is 15.5. The Morgan fingerprint density at radius 1 is 1.16 bits per heavy atom. The van der Waals surface area contributed by atoms with Crippen LogP contribution in [0.1, 0.15) is 21.5 Å². The molecule has 0 aliphatic heterocycles. The highest BCUT2D eigenvalue weighted by Gasteiger charge is 2.13. The highest BCUT2D eigenvalue weighted by Crippen LogP contribution is 2.29. The largest absolute Gasteiger partial charge is 0.355 e. The van der Waals surface area contributed by atoms with Crippen LogP contribution in [0.5, 0.6) is 0 Å². The van der Waals surface area contributed by atoms with Gasteiger partial charge >= 0.3 is 0 Å². The molecule has 0 saturated heterocycles. The molecule has 4 rings (SSSR count). The van der Waals surface area contributed by atoms with Crippen molar-refractivity contribution in [2.75, 3.05) is 12.4 Å². The number of imidazole rings is 1. The zero-order chi connectivity index (χ0) is 22.7. The molecule has 0 aliphatic rings. The van der Waals surface area contributed by atoms with Gasteiger partial charge in [0.2, 0.25) is 6.41 Å². The maximum absolute atomic E-state index is 14.3. The molecule has 0 bridgehead atoms. The van der Waals surface area contributed by atoms with Crippen LogP contribution in [0.25, 0.3) is 16.9 Å². The molecule has 3 N–H and O–H groups in total. The third-order valence-electron chi connectivity index (χ3n) is 5.29. The molecule has 32 heavy (non-hydrogen) atoms. The summed E-state index contributed by atoms with van der Waals surface area (Å²) in [6.07, 6.45) is 4.24. The van der Waals surface area contributed by atoms with Crippen LogP contribution in [0.3, 0.4) is 0 Å². The molecule has 2 amide bonds. The summed E-state index contributed by atoms with van der Waals surface area (Å²) in [7, 11) is 1.46. The second kappa shape index (κ2) is 8.89. The van der Waals surface area contributed by atoms with E-state index in [-0.39, 0.29) is 5.56 Å². The fraction of sp³-hybridized carbons (Fsp3) is 0.125. The van der Waals surface area contributed by atoms with E-state index in [1.54, 1.807) is 12.3 Å². The molecule has 2 aromatic heterocycles. The van der Waals surface area contributed by atoms with Gasteiger partial charge in [0.1, 0.15) is 5.82 Å². The number of pyridine rings is 1. The van der Waals surface area contributed by atoms with Crippen molar-refractivity contribution in [3.05, 3.63) is 83.4 Å². The quantitative estimate of drug-likeness (QED) is 0.389. The number of carbonyl (C=O) groups is 2. The lowest BCUT2D eigenvalue weighted by Crippen LogP contribution is -2.19. The van der Waals surface area contributed by atoms with Crippen LogP contribution >= 0.6 is 0 Å². The lowest BCUT2D eigenvalue weighted by atomic mass is 10.0. The fourth-order valence-corrected chi connectivity index (χ4v) is 3.59. The predicted molar refractivity (Wildman–Crippen MR) is 121 cm³/mol. The van der Waals surface area contributed by atoms with Crippen LogP contribution in [-0.4, -0.2) is 28.7 Å². The fourth-order valence-electron chi connectivity index (χ4n) is 3.59. The molecule has 0 aliphatic carbocycles.